The van der Waals surface area contributed by atoms with Crippen LogP contribution in [0.5, 0.6) is 0 Å². The average Bonchev–Trinajstić information content (AvgIpc) is 2.25. The number of carbonyl (C=O) groups excluding carboxylic acids is 1. The van der Waals surface area contributed by atoms with Gasteiger partial charge in [-0.15, -0.1) is 0 Å². The highest BCUT2D eigenvalue weighted by atomic mass is 19.4. The molecule has 1 fully saturated rings. The molecule has 1 aliphatic heterocycles. The number of rotatable bonds is 3. The molecule has 1 rings (SSSR count). The topological polar surface area (TPSA) is 69.6 Å². The number of aliphatic carboxylic acids is 1. The maximum Gasteiger partial charge on any atom is 0.401 e. The second-order valence-corrected chi connectivity index (χ2v) is 4.39. The molecule has 104 valence electrons. The highest BCUT2D eigenvalue weighted by Gasteiger charge is 2.35. The Bertz CT molecular complexity index is 311. The fourth-order valence-corrected chi connectivity index (χ4v) is 1.94. The fourth-order valence-electron chi connectivity index (χ4n) is 1.94. The van der Waals surface area contributed by atoms with Crippen LogP contribution in [0, 0.1) is 5.92 Å². The van der Waals surface area contributed by atoms with Gasteiger partial charge in [-0.3, -0.25) is 9.59 Å². The molecule has 18 heavy (non-hydrogen) atoms. The van der Waals surface area contributed by atoms with Crippen molar-refractivity contribution in [1.82, 2.24) is 10.2 Å². The fraction of sp³-hybridized carbons (Fsp3) is 0.800. The van der Waals surface area contributed by atoms with Crippen LogP contribution in [0.15, 0.2) is 0 Å². The third-order valence-electron chi connectivity index (χ3n) is 2.84. The number of amides is 1. The molecule has 1 amide bonds. The van der Waals surface area contributed by atoms with Crippen LogP contribution in [-0.4, -0.2) is 53.7 Å². The standard InChI is InChI=1S/C10H15F3N2O3/c1-6(16)15-3-7(9(17)18)2-8(4-15)14-5-10(11,12)13/h7-8,14H,2-5H2,1H3,(H,17,18). The summed E-state index contributed by atoms with van der Waals surface area (Å²) >= 11 is 0. The lowest BCUT2D eigenvalue weighted by molar-refractivity contribution is -0.146. The average molecular weight is 268 g/mol. The predicted molar refractivity (Wildman–Crippen MR) is 55.8 cm³/mol. The highest BCUT2D eigenvalue weighted by Crippen LogP contribution is 2.19. The molecule has 0 aromatic carbocycles. The largest absolute Gasteiger partial charge is 0.481 e. The summed E-state index contributed by atoms with van der Waals surface area (Å²) < 4.78 is 36.2. The first-order chi connectivity index (χ1) is 8.19. The molecule has 1 aliphatic rings. The van der Waals surface area contributed by atoms with E-state index in [1.165, 1.54) is 11.8 Å². The summed E-state index contributed by atoms with van der Waals surface area (Å²) in [6, 6.07) is -0.648. The third kappa shape index (κ3) is 4.52. The smallest absolute Gasteiger partial charge is 0.401 e. The van der Waals surface area contributed by atoms with Crippen LogP contribution >= 0.6 is 0 Å². The van der Waals surface area contributed by atoms with Crippen LogP contribution in [0.4, 0.5) is 13.2 Å². The van der Waals surface area contributed by atoms with Crippen molar-refractivity contribution in [2.24, 2.45) is 5.92 Å². The predicted octanol–water partition coefficient (Wildman–Crippen LogP) is 0.460. The summed E-state index contributed by atoms with van der Waals surface area (Å²) in [4.78, 5) is 23.3. The number of carboxylic acids is 1. The molecule has 0 aliphatic carbocycles. The van der Waals surface area contributed by atoms with E-state index in [2.05, 4.69) is 5.32 Å². The van der Waals surface area contributed by atoms with Gasteiger partial charge in [-0.2, -0.15) is 13.2 Å². The first-order valence-electron chi connectivity index (χ1n) is 5.47. The molecule has 1 heterocycles. The second kappa shape index (κ2) is 5.55. The van der Waals surface area contributed by atoms with Crippen molar-refractivity contribution in [3.63, 3.8) is 0 Å². The van der Waals surface area contributed by atoms with E-state index in [0.717, 1.165) is 0 Å². The normalized spacial score (nSPS) is 25.0. The summed E-state index contributed by atoms with van der Waals surface area (Å²) in [7, 11) is 0. The Hall–Kier alpha value is -1.31. The van der Waals surface area contributed by atoms with E-state index in [1.807, 2.05) is 0 Å². The van der Waals surface area contributed by atoms with Crippen molar-refractivity contribution in [2.45, 2.75) is 25.6 Å². The van der Waals surface area contributed by atoms with Crippen LogP contribution in [0.25, 0.3) is 0 Å². The lowest BCUT2D eigenvalue weighted by Gasteiger charge is -2.36. The first kappa shape index (κ1) is 14.7. The summed E-state index contributed by atoms with van der Waals surface area (Å²) in [6.45, 7) is 0.241. The van der Waals surface area contributed by atoms with E-state index < -0.39 is 30.7 Å². The molecule has 2 atom stereocenters. The van der Waals surface area contributed by atoms with Gasteiger partial charge in [-0.05, 0) is 6.42 Å². The number of carboxylic acid groups (broad SMARTS) is 1. The molecular formula is C10H15F3N2O3. The number of halogens is 3. The van der Waals surface area contributed by atoms with Gasteiger partial charge in [-0.25, -0.2) is 0 Å². The third-order valence-corrected chi connectivity index (χ3v) is 2.84. The van der Waals surface area contributed by atoms with Gasteiger partial charge in [0.25, 0.3) is 0 Å². The van der Waals surface area contributed by atoms with Crippen LogP contribution in [0.2, 0.25) is 0 Å². The van der Waals surface area contributed by atoms with Gasteiger partial charge >= 0.3 is 12.1 Å². The van der Waals surface area contributed by atoms with Crippen molar-refractivity contribution < 1.29 is 27.9 Å². The summed E-state index contributed by atoms with van der Waals surface area (Å²) in [5, 5.41) is 11.1. The quantitative estimate of drug-likeness (QED) is 0.780. The summed E-state index contributed by atoms with van der Waals surface area (Å²) in [5.41, 5.74) is 0. The molecule has 0 aromatic rings. The zero-order valence-electron chi connectivity index (χ0n) is 9.83. The Labute approximate surface area is 102 Å². The molecule has 0 radical (unpaired) electrons. The van der Waals surface area contributed by atoms with E-state index >= 15 is 0 Å². The minimum absolute atomic E-state index is 0.0505. The monoisotopic (exact) mass is 268 g/mol. The number of hydrogen-bond donors (Lipinski definition) is 2. The second-order valence-electron chi connectivity index (χ2n) is 4.39. The molecule has 0 saturated carbocycles. The number of likely N-dealkylation sites (tertiary alicyclic amines) is 1. The SMILES string of the molecule is CC(=O)N1CC(NCC(F)(F)F)CC(C(=O)O)C1. The van der Waals surface area contributed by atoms with Gasteiger partial charge in [0.05, 0.1) is 12.5 Å². The maximum absolute atomic E-state index is 12.1. The summed E-state index contributed by atoms with van der Waals surface area (Å²) in [5.74, 6) is -2.26. The van der Waals surface area contributed by atoms with Gasteiger partial charge < -0.3 is 15.3 Å². The van der Waals surface area contributed by atoms with Crippen LogP contribution in [-0.2, 0) is 9.59 Å². The van der Waals surface area contributed by atoms with Crippen LogP contribution < -0.4 is 5.32 Å². The number of carbonyl (C=O) groups is 2. The van der Waals surface area contributed by atoms with Gasteiger partial charge in [0, 0.05) is 26.1 Å². The van der Waals surface area contributed by atoms with Crippen LogP contribution in [0.3, 0.4) is 0 Å². The Balaban J connectivity index is 2.61. The van der Waals surface area contributed by atoms with Gasteiger partial charge in [-0.1, -0.05) is 0 Å². The minimum Gasteiger partial charge on any atom is -0.481 e. The lowest BCUT2D eigenvalue weighted by atomic mass is 9.94. The van der Waals surface area contributed by atoms with Gasteiger partial charge in [0.1, 0.15) is 0 Å². The molecule has 0 aromatic heterocycles. The molecule has 1 saturated heterocycles. The van der Waals surface area contributed by atoms with Gasteiger partial charge in [0.2, 0.25) is 5.91 Å². The molecule has 5 nitrogen and oxygen atoms in total. The van der Waals surface area contributed by atoms with E-state index in [4.69, 9.17) is 5.11 Å². The Morgan fingerprint density at radius 2 is 2.00 bits per heavy atom. The van der Waals surface area contributed by atoms with E-state index in [0.29, 0.717) is 0 Å². The minimum atomic E-state index is -4.35. The van der Waals surface area contributed by atoms with Crippen molar-refractivity contribution in [1.29, 1.82) is 0 Å². The molecule has 2 N–H and O–H groups in total. The van der Waals surface area contributed by atoms with Crippen molar-refractivity contribution in [2.75, 3.05) is 19.6 Å². The first-order valence-corrected chi connectivity index (χ1v) is 5.47. The Kier molecular flexibility index (Phi) is 4.55. The van der Waals surface area contributed by atoms with E-state index in [1.54, 1.807) is 0 Å². The van der Waals surface area contributed by atoms with Crippen molar-refractivity contribution in [3.8, 4) is 0 Å². The lowest BCUT2D eigenvalue weighted by Crippen LogP contribution is -2.53. The number of alkyl halides is 3. The highest BCUT2D eigenvalue weighted by molar-refractivity contribution is 5.76. The maximum atomic E-state index is 12.1. The van der Waals surface area contributed by atoms with Crippen LogP contribution in [0.1, 0.15) is 13.3 Å². The number of nitrogens with zero attached hydrogens (tertiary/aromatic N) is 1. The number of nitrogens with one attached hydrogen (secondary N) is 1. The number of hydrogen-bond acceptors (Lipinski definition) is 3. The molecule has 0 bridgehead atoms. The van der Waals surface area contributed by atoms with E-state index in [9.17, 15) is 22.8 Å². The molecule has 8 heteroatoms. The molecule has 0 spiro atoms. The zero-order chi connectivity index (χ0) is 13.9. The van der Waals surface area contributed by atoms with E-state index in [-0.39, 0.29) is 25.4 Å². The van der Waals surface area contributed by atoms with Crippen molar-refractivity contribution >= 4 is 11.9 Å². The molecular weight excluding hydrogens is 253 g/mol. The summed E-state index contributed by atoms with van der Waals surface area (Å²) in [6.07, 6.45) is -4.26. The van der Waals surface area contributed by atoms with Crippen molar-refractivity contribution in [3.05, 3.63) is 0 Å². The molecule has 2 unspecified atom stereocenters. The zero-order valence-corrected chi connectivity index (χ0v) is 9.83. The Morgan fingerprint density at radius 3 is 2.44 bits per heavy atom. The Morgan fingerprint density at radius 1 is 1.39 bits per heavy atom. The number of piperidine rings is 1. The van der Waals surface area contributed by atoms with Gasteiger partial charge in [0.15, 0.2) is 0 Å².